The molecular formula is C23H23ClN4O3S. The van der Waals surface area contributed by atoms with E-state index < -0.39 is 10.0 Å². The standard InChI is InChI=1S/C23H23ClN4O3S/c24-20-7-8-22(28-13-4-12-25-28)21(17-20)26-23(29)19-9-14-27(15-10-19)32(30,31)16-11-18-5-2-1-3-6-18/h1-8,11-13,16-17,19H,9-10,14-15H2,(H,26,29)/b16-11+. The van der Waals surface area contributed by atoms with Gasteiger partial charge in [0, 0.05) is 41.8 Å². The first-order chi connectivity index (χ1) is 15.4. The van der Waals surface area contributed by atoms with Gasteiger partial charge in [0.05, 0.1) is 11.4 Å². The van der Waals surface area contributed by atoms with Crippen molar-refractivity contribution in [3.63, 3.8) is 0 Å². The molecule has 0 bridgehead atoms. The summed E-state index contributed by atoms with van der Waals surface area (Å²) in [4.78, 5) is 12.9. The van der Waals surface area contributed by atoms with Crippen LogP contribution in [0.4, 0.5) is 5.69 Å². The SMILES string of the molecule is O=C(Nc1cc(Cl)ccc1-n1cccn1)C1CCN(S(=O)(=O)/C=C/c2ccccc2)CC1. The van der Waals surface area contributed by atoms with E-state index in [-0.39, 0.29) is 11.8 Å². The third-order valence-corrected chi connectivity index (χ3v) is 7.18. The fraction of sp³-hybridized carbons (Fsp3) is 0.217. The molecule has 0 radical (unpaired) electrons. The van der Waals surface area contributed by atoms with Crippen LogP contribution in [0.1, 0.15) is 18.4 Å². The zero-order valence-corrected chi connectivity index (χ0v) is 18.8. The molecule has 7 nitrogen and oxygen atoms in total. The van der Waals surface area contributed by atoms with Gasteiger partial charge in [0.1, 0.15) is 0 Å². The van der Waals surface area contributed by atoms with E-state index in [4.69, 9.17) is 11.6 Å². The maximum atomic E-state index is 12.9. The maximum absolute atomic E-state index is 12.9. The van der Waals surface area contributed by atoms with Gasteiger partial charge in [0.25, 0.3) is 0 Å². The van der Waals surface area contributed by atoms with Crippen LogP contribution in [0, 0.1) is 5.92 Å². The van der Waals surface area contributed by atoms with Crippen molar-refractivity contribution in [1.29, 1.82) is 0 Å². The number of hydrogen-bond acceptors (Lipinski definition) is 4. The maximum Gasteiger partial charge on any atom is 0.236 e. The molecule has 2 heterocycles. The van der Waals surface area contributed by atoms with Crippen molar-refractivity contribution in [3.05, 3.63) is 83.0 Å². The van der Waals surface area contributed by atoms with Crippen LogP contribution in [0.2, 0.25) is 5.02 Å². The first kappa shape index (κ1) is 22.3. The molecule has 166 valence electrons. The highest BCUT2D eigenvalue weighted by Crippen LogP contribution is 2.27. The van der Waals surface area contributed by atoms with Crippen LogP contribution in [0.3, 0.4) is 0 Å². The van der Waals surface area contributed by atoms with E-state index in [1.165, 1.54) is 9.71 Å². The number of anilines is 1. The number of sulfonamides is 1. The lowest BCUT2D eigenvalue weighted by Gasteiger charge is -2.29. The van der Waals surface area contributed by atoms with E-state index in [0.717, 1.165) is 5.56 Å². The summed E-state index contributed by atoms with van der Waals surface area (Å²) in [6, 6.07) is 16.3. The van der Waals surface area contributed by atoms with Crippen LogP contribution in [0.25, 0.3) is 11.8 Å². The van der Waals surface area contributed by atoms with Crippen molar-refractivity contribution in [2.75, 3.05) is 18.4 Å². The molecule has 9 heteroatoms. The van der Waals surface area contributed by atoms with Gasteiger partial charge in [-0.05, 0) is 48.7 Å². The molecule has 0 saturated carbocycles. The molecule has 1 saturated heterocycles. The van der Waals surface area contributed by atoms with Crippen molar-refractivity contribution < 1.29 is 13.2 Å². The average molecular weight is 471 g/mol. The minimum absolute atomic E-state index is 0.155. The van der Waals surface area contributed by atoms with Crippen LogP contribution >= 0.6 is 11.6 Å². The Morgan fingerprint density at radius 2 is 1.84 bits per heavy atom. The van der Waals surface area contributed by atoms with E-state index in [9.17, 15) is 13.2 Å². The summed E-state index contributed by atoms with van der Waals surface area (Å²) in [5, 5.41) is 8.89. The highest BCUT2D eigenvalue weighted by molar-refractivity contribution is 7.92. The molecule has 1 aromatic heterocycles. The Bertz CT molecular complexity index is 1200. The molecule has 0 spiro atoms. The van der Waals surface area contributed by atoms with Crippen molar-refractivity contribution >= 4 is 39.3 Å². The first-order valence-electron chi connectivity index (χ1n) is 10.3. The highest BCUT2D eigenvalue weighted by Gasteiger charge is 2.30. The fourth-order valence-corrected chi connectivity index (χ4v) is 5.03. The van der Waals surface area contributed by atoms with Crippen LogP contribution in [-0.4, -0.2) is 41.5 Å². The Morgan fingerprint density at radius 3 is 2.53 bits per heavy atom. The minimum atomic E-state index is -3.54. The second-order valence-corrected chi connectivity index (χ2v) is 9.79. The molecule has 2 aromatic carbocycles. The van der Waals surface area contributed by atoms with Gasteiger partial charge >= 0.3 is 0 Å². The van der Waals surface area contributed by atoms with Crippen LogP contribution in [0.5, 0.6) is 0 Å². The lowest BCUT2D eigenvalue weighted by atomic mass is 9.97. The molecule has 1 aliphatic heterocycles. The Balaban J connectivity index is 1.39. The van der Waals surface area contributed by atoms with Crippen molar-refractivity contribution in [2.45, 2.75) is 12.8 Å². The summed E-state index contributed by atoms with van der Waals surface area (Å²) < 4.78 is 28.4. The van der Waals surface area contributed by atoms with Gasteiger partial charge in [0.2, 0.25) is 15.9 Å². The number of rotatable bonds is 6. The Hall–Kier alpha value is -2.94. The third kappa shape index (κ3) is 5.27. The molecule has 3 aromatic rings. The number of nitrogens with zero attached hydrogens (tertiary/aromatic N) is 3. The number of nitrogens with one attached hydrogen (secondary N) is 1. The summed E-state index contributed by atoms with van der Waals surface area (Å²) in [5.74, 6) is -0.443. The van der Waals surface area contributed by atoms with Gasteiger partial charge < -0.3 is 5.32 Å². The fourth-order valence-electron chi connectivity index (χ4n) is 3.64. The quantitative estimate of drug-likeness (QED) is 0.585. The summed E-state index contributed by atoms with van der Waals surface area (Å²) in [6.45, 7) is 0.586. The van der Waals surface area contributed by atoms with E-state index in [2.05, 4.69) is 10.4 Å². The summed E-state index contributed by atoms with van der Waals surface area (Å²) in [5.41, 5.74) is 2.09. The van der Waals surface area contributed by atoms with Crippen molar-refractivity contribution in [1.82, 2.24) is 14.1 Å². The number of halogens is 1. The Morgan fingerprint density at radius 1 is 1.09 bits per heavy atom. The molecule has 0 aliphatic carbocycles. The second kappa shape index (κ2) is 9.68. The average Bonchev–Trinajstić information content (AvgIpc) is 3.33. The van der Waals surface area contributed by atoms with E-state index in [0.29, 0.717) is 42.3 Å². The number of aromatic nitrogens is 2. The molecule has 1 fully saturated rings. The van der Waals surface area contributed by atoms with Gasteiger partial charge in [0.15, 0.2) is 0 Å². The number of hydrogen-bond donors (Lipinski definition) is 1. The predicted molar refractivity (Wildman–Crippen MR) is 126 cm³/mol. The minimum Gasteiger partial charge on any atom is -0.324 e. The smallest absolute Gasteiger partial charge is 0.236 e. The molecule has 1 aliphatic rings. The van der Waals surface area contributed by atoms with E-state index in [1.54, 1.807) is 47.4 Å². The zero-order valence-electron chi connectivity index (χ0n) is 17.3. The zero-order chi connectivity index (χ0) is 22.6. The monoisotopic (exact) mass is 470 g/mol. The molecule has 1 amide bonds. The van der Waals surface area contributed by atoms with Gasteiger partial charge in [-0.2, -0.15) is 9.40 Å². The lowest BCUT2D eigenvalue weighted by molar-refractivity contribution is -0.120. The molecule has 0 unspecified atom stereocenters. The predicted octanol–water partition coefficient (Wildman–Crippen LogP) is 4.18. The lowest BCUT2D eigenvalue weighted by Crippen LogP contribution is -2.40. The number of piperidine rings is 1. The van der Waals surface area contributed by atoms with Crippen molar-refractivity contribution in [2.24, 2.45) is 5.92 Å². The van der Waals surface area contributed by atoms with Gasteiger partial charge in [-0.1, -0.05) is 41.9 Å². The molecular weight excluding hydrogens is 448 g/mol. The van der Waals surface area contributed by atoms with Gasteiger partial charge in [-0.15, -0.1) is 0 Å². The number of amides is 1. The Labute approximate surface area is 192 Å². The van der Waals surface area contributed by atoms with Crippen LogP contribution in [-0.2, 0) is 14.8 Å². The number of carbonyl (C=O) groups excluding carboxylic acids is 1. The molecule has 32 heavy (non-hydrogen) atoms. The van der Waals surface area contributed by atoms with Gasteiger partial charge in [-0.25, -0.2) is 13.1 Å². The summed E-state index contributed by atoms with van der Waals surface area (Å²) >= 11 is 6.13. The van der Waals surface area contributed by atoms with E-state index in [1.807, 2.05) is 30.3 Å². The first-order valence-corrected chi connectivity index (χ1v) is 12.1. The largest absolute Gasteiger partial charge is 0.324 e. The molecule has 0 atom stereocenters. The molecule has 4 rings (SSSR count). The molecule has 1 N–H and O–H groups in total. The second-order valence-electron chi connectivity index (χ2n) is 7.53. The van der Waals surface area contributed by atoms with Crippen LogP contribution in [0.15, 0.2) is 72.4 Å². The van der Waals surface area contributed by atoms with Crippen LogP contribution < -0.4 is 5.32 Å². The topological polar surface area (TPSA) is 84.3 Å². The highest BCUT2D eigenvalue weighted by atomic mass is 35.5. The van der Waals surface area contributed by atoms with E-state index >= 15 is 0 Å². The Kier molecular flexibility index (Phi) is 6.74. The summed E-state index contributed by atoms with van der Waals surface area (Å²) in [6.07, 6.45) is 5.92. The normalized spacial score (nSPS) is 15.8. The third-order valence-electron chi connectivity index (χ3n) is 5.38. The van der Waals surface area contributed by atoms with Crippen molar-refractivity contribution in [3.8, 4) is 5.69 Å². The number of benzene rings is 2. The van der Waals surface area contributed by atoms with Gasteiger partial charge in [-0.3, -0.25) is 4.79 Å². The number of carbonyl (C=O) groups is 1. The summed E-state index contributed by atoms with van der Waals surface area (Å²) in [7, 11) is -3.54.